The summed E-state index contributed by atoms with van der Waals surface area (Å²) in [5, 5.41) is 4.96. The van der Waals surface area contributed by atoms with Crippen molar-refractivity contribution < 1.29 is 9.59 Å². The summed E-state index contributed by atoms with van der Waals surface area (Å²) in [6, 6.07) is 7.33. The third-order valence-corrected chi connectivity index (χ3v) is 3.58. The van der Waals surface area contributed by atoms with E-state index in [4.69, 9.17) is 0 Å². The van der Waals surface area contributed by atoms with Crippen molar-refractivity contribution in [2.24, 2.45) is 0 Å². The van der Waals surface area contributed by atoms with E-state index in [2.05, 4.69) is 39.3 Å². The van der Waals surface area contributed by atoms with Crippen molar-refractivity contribution in [3.8, 4) is 0 Å². The maximum atomic E-state index is 12.0. The molecular weight excluding hydrogens is 306 g/mol. The molecule has 0 fully saturated rings. The van der Waals surface area contributed by atoms with E-state index in [0.717, 1.165) is 24.3 Å². The van der Waals surface area contributed by atoms with Gasteiger partial charge in [0.1, 0.15) is 0 Å². The molecule has 0 aliphatic rings. The number of carbonyl (C=O) groups is 2. The summed E-state index contributed by atoms with van der Waals surface area (Å²) in [7, 11) is 0. The van der Waals surface area contributed by atoms with Crippen LogP contribution >= 0.6 is 0 Å². The fraction of sp³-hybridized carbons (Fsp3) is 0.294. The van der Waals surface area contributed by atoms with Crippen molar-refractivity contribution in [1.29, 1.82) is 0 Å². The number of hydrogen-bond acceptors (Lipinski definition) is 5. The Morgan fingerprint density at radius 2 is 1.67 bits per heavy atom. The molecule has 2 aromatic rings. The second-order valence-corrected chi connectivity index (χ2v) is 5.15. The van der Waals surface area contributed by atoms with E-state index in [9.17, 15) is 9.59 Å². The van der Waals surface area contributed by atoms with Crippen LogP contribution in [0.2, 0.25) is 0 Å². The molecule has 0 saturated heterocycles. The van der Waals surface area contributed by atoms with Gasteiger partial charge in [-0.1, -0.05) is 0 Å². The third-order valence-electron chi connectivity index (χ3n) is 3.58. The van der Waals surface area contributed by atoms with Crippen LogP contribution in [0, 0.1) is 6.92 Å². The molecule has 1 aromatic heterocycles. The van der Waals surface area contributed by atoms with Gasteiger partial charge >= 0.3 is 11.8 Å². The molecule has 2 amide bonds. The number of benzene rings is 1. The predicted molar refractivity (Wildman–Crippen MR) is 94.0 cm³/mol. The fourth-order valence-corrected chi connectivity index (χ4v) is 2.27. The van der Waals surface area contributed by atoms with Crippen molar-refractivity contribution >= 4 is 29.1 Å². The first-order chi connectivity index (χ1) is 11.5. The Balaban J connectivity index is 2.04. The van der Waals surface area contributed by atoms with E-state index in [1.54, 1.807) is 12.1 Å². The summed E-state index contributed by atoms with van der Waals surface area (Å²) in [5.74, 6) is -1.49. The summed E-state index contributed by atoms with van der Waals surface area (Å²) in [6.45, 7) is 7.87. The molecule has 0 radical (unpaired) electrons. The molecule has 24 heavy (non-hydrogen) atoms. The average molecular weight is 327 g/mol. The van der Waals surface area contributed by atoms with Crippen LogP contribution in [-0.4, -0.2) is 34.9 Å². The molecule has 2 rings (SSSR count). The lowest BCUT2D eigenvalue weighted by atomic mass is 10.1. The van der Waals surface area contributed by atoms with Gasteiger partial charge in [-0.25, -0.2) is 9.97 Å². The summed E-state index contributed by atoms with van der Waals surface area (Å²) < 4.78 is 0. The highest BCUT2D eigenvalue weighted by atomic mass is 16.2. The van der Waals surface area contributed by atoms with Gasteiger partial charge in [0, 0.05) is 36.9 Å². The van der Waals surface area contributed by atoms with Crippen LogP contribution < -0.4 is 15.5 Å². The van der Waals surface area contributed by atoms with Crippen LogP contribution in [0.15, 0.2) is 36.7 Å². The third kappa shape index (κ3) is 4.28. The number of hydrogen-bond donors (Lipinski definition) is 2. The summed E-state index contributed by atoms with van der Waals surface area (Å²) in [5.41, 5.74) is 2.56. The van der Waals surface area contributed by atoms with Gasteiger partial charge < -0.3 is 10.2 Å². The van der Waals surface area contributed by atoms with Crippen molar-refractivity contribution in [3.63, 3.8) is 0 Å². The van der Waals surface area contributed by atoms with Gasteiger partial charge in [0.05, 0.1) is 0 Å². The smallest absolute Gasteiger partial charge is 0.316 e. The Labute approximate surface area is 141 Å². The van der Waals surface area contributed by atoms with Crippen molar-refractivity contribution in [2.45, 2.75) is 20.8 Å². The molecule has 0 atom stereocenters. The van der Waals surface area contributed by atoms with Gasteiger partial charge in [0.25, 0.3) is 0 Å². The minimum atomic E-state index is -0.812. The van der Waals surface area contributed by atoms with Crippen LogP contribution in [0.4, 0.5) is 17.3 Å². The van der Waals surface area contributed by atoms with Gasteiger partial charge in [-0.3, -0.25) is 14.9 Å². The lowest BCUT2D eigenvalue weighted by molar-refractivity contribution is -0.133. The number of carbonyl (C=O) groups excluding carboxylic acids is 2. The number of aromatic nitrogens is 2. The summed E-state index contributed by atoms with van der Waals surface area (Å²) in [6.07, 6.45) is 2.97. The van der Waals surface area contributed by atoms with Crippen LogP contribution in [0.5, 0.6) is 0 Å². The number of rotatable bonds is 5. The first-order valence-electron chi connectivity index (χ1n) is 7.80. The largest absolute Gasteiger partial charge is 0.372 e. The molecule has 0 bridgehead atoms. The highest BCUT2D eigenvalue weighted by molar-refractivity contribution is 6.43. The molecule has 126 valence electrons. The first kappa shape index (κ1) is 17.4. The maximum Gasteiger partial charge on any atom is 0.316 e. The zero-order valence-corrected chi connectivity index (χ0v) is 14.0. The lowest BCUT2D eigenvalue weighted by Crippen LogP contribution is -2.30. The van der Waals surface area contributed by atoms with Crippen LogP contribution in [0.1, 0.15) is 19.4 Å². The topological polar surface area (TPSA) is 87.2 Å². The minimum absolute atomic E-state index is 0.0891. The van der Waals surface area contributed by atoms with E-state index < -0.39 is 11.8 Å². The van der Waals surface area contributed by atoms with Crippen molar-refractivity contribution in [3.05, 3.63) is 42.2 Å². The standard InChI is InChI=1S/C17H21N5O2/c1-4-22(5-2)13-7-8-14(12(3)11-13)20-15(23)16(24)21-17-18-9-6-10-19-17/h6-11H,4-5H2,1-3H3,(H,20,23)(H,18,19,21,24). The Morgan fingerprint density at radius 1 is 1.04 bits per heavy atom. The van der Waals surface area contributed by atoms with Gasteiger partial charge in [-0.05, 0) is 50.6 Å². The highest BCUT2D eigenvalue weighted by Gasteiger charge is 2.16. The quantitative estimate of drug-likeness (QED) is 0.822. The molecule has 1 heterocycles. The number of amides is 2. The highest BCUT2D eigenvalue weighted by Crippen LogP contribution is 2.22. The Bertz CT molecular complexity index is 714. The maximum absolute atomic E-state index is 12.0. The number of anilines is 3. The Hall–Kier alpha value is -2.96. The predicted octanol–water partition coefficient (Wildman–Crippen LogP) is 2.21. The number of aryl methyl sites for hydroxylation is 1. The van der Waals surface area contributed by atoms with E-state index in [0.29, 0.717) is 5.69 Å². The van der Waals surface area contributed by atoms with E-state index in [-0.39, 0.29) is 5.95 Å². The van der Waals surface area contributed by atoms with Gasteiger partial charge in [0.15, 0.2) is 0 Å². The molecule has 1 aromatic carbocycles. The van der Waals surface area contributed by atoms with E-state index in [1.165, 1.54) is 12.4 Å². The lowest BCUT2D eigenvalue weighted by Gasteiger charge is -2.22. The Kier molecular flexibility index (Phi) is 5.83. The second-order valence-electron chi connectivity index (χ2n) is 5.15. The van der Waals surface area contributed by atoms with Gasteiger partial charge in [-0.2, -0.15) is 0 Å². The SMILES string of the molecule is CCN(CC)c1ccc(NC(=O)C(=O)Nc2ncccn2)c(C)c1. The monoisotopic (exact) mass is 327 g/mol. The molecule has 0 spiro atoms. The summed E-state index contributed by atoms with van der Waals surface area (Å²) >= 11 is 0. The first-order valence-corrected chi connectivity index (χ1v) is 7.80. The van der Waals surface area contributed by atoms with Crippen LogP contribution in [-0.2, 0) is 9.59 Å². The fourth-order valence-electron chi connectivity index (χ4n) is 2.27. The van der Waals surface area contributed by atoms with Crippen LogP contribution in [0.3, 0.4) is 0 Å². The molecular formula is C17H21N5O2. The number of nitrogens with zero attached hydrogens (tertiary/aromatic N) is 3. The van der Waals surface area contributed by atoms with E-state index >= 15 is 0 Å². The van der Waals surface area contributed by atoms with Gasteiger partial charge in [0.2, 0.25) is 5.95 Å². The molecule has 0 aliphatic carbocycles. The average Bonchev–Trinajstić information content (AvgIpc) is 2.59. The molecule has 0 saturated carbocycles. The van der Waals surface area contributed by atoms with Crippen molar-refractivity contribution in [1.82, 2.24) is 9.97 Å². The zero-order chi connectivity index (χ0) is 17.5. The van der Waals surface area contributed by atoms with E-state index in [1.807, 2.05) is 19.1 Å². The normalized spacial score (nSPS) is 10.1. The van der Waals surface area contributed by atoms with Crippen LogP contribution in [0.25, 0.3) is 0 Å². The molecule has 0 aliphatic heterocycles. The number of nitrogens with one attached hydrogen (secondary N) is 2. The minimum Gasteiger partial charge on any atom is -0.372 e. The second kappa shape index (κ2) is 8.05. The Morgan fingerprint density at radius 3 is 2.25 bits per heavy atom. The molecule has 7 heteroatoms. The zero-order valence-electron chi connectivity index (χ0n) is 14.0. The van der Waals surface area contributed by atoms with Gasteiger partial charge in [-0.15, -0.1) is 0 Å². The molecule has 0 unspecified atom stereocenters. The summed E-state index contributed by atoms with van der Waals surface area (Å²) in [4.78, 5) is 33.8. The van der Waals surface area contributed by atoms with Crippen molar-refractivity contribution in [2.75, 3.05) is 28.6 Å². The molecule has 2 N–H and O–H groups in total. The molecule has 7 nitrogen and oxygen atoms in total.